The van der Waals surface area contributed by atoms with Crippen molar-refractivity contribution in [1.29, 1.82) is 0 Å². The van der Waals surface area contributed by atoms with Crippen LogP contribution >= 0.6 is 0 Å². The van der Waals surface area contributed by atoms with Crippen molar-refractivity contribution >= 4 is 34.5 Å². The van der Waals surface area contributed by atoms with E-state index >= 15 is 0 Å². The molecule has 8 nitrogen and oxygen atoms in total. The van der Waals surface area contributed by atoms with Crippen LogP contribution in [0.5, 0.6) is 0 Å². The zero-order valence-electron chi connectivity index (χ0n) is 20.0. The second-order valence-corrected chi connectivity index (χ2v) is 8.66. The van der Waals surface area contributed by atoms with Gasteiger partial charge in [0.2, 0.25) is 5.91 Å². The monoisotopic (exact) mass is 480 g/mol. The molecule has 0 radical (unpaired) electrons. The number of carbonyl (C=O) groups is 3. The van der Waals surface area contributed by atoms with E-state index in [1.165, 1.54) is 17.0 Å². The largest absolute Gasteiger partial charge is 0.464 e. The number of para-hydroxylation sites is 1. The van der Waals surface area contributed by atoms with E-state index in [0.29, 0.717) is 11.3 Å². The third kappa shape index (κ3) is 4.99. The molecule has 9 heteroatoms. The maximum Gasteiger partial charge on any atom is 0.329 e. The molecular weight excluding hydrogens is 451 g/mol. The summed E-state index contributed by atoms with van der Waals surface area (Å²) in [5, 5.41) is 3.76. The standard InChI is InChI=1S/C26H29FN4O4/c1-4-35-25(33)24(17(3)20-14-28-21-8-6-5-7-19(20)21)29-26(34)30-11-12-31(23(32)15-30)22-10-9-18(27)13-16(22)2/h5-10,13-14,17,24,28H,4,11-12,15H2,1-3H3,(H,29,34)/t17-,24+/m0/s1. The van der Waals surface area contributed by atoms with Crippen LogP contribution in [0.2, 0.25) is 0 Å². The van der Waals surface area contributed by atoms with Gasteiger partial charge in [0.15, 0.2) is 0 Å². The maximum atomic E-state index is 13.5. The average Bonchev–Trinajstić information content (AvgIpc) is 3.27. The predicted octanol–water partition coefficient (Wildman–Crippen LogP) is 3.71. The molecule has 4 rings (SSSR count). The molecule has 2 N–H and O–H groups in total. The summed E-state index contributed by atoms with van der Waals surface area (Å²) < 4.78 is 18.7. The van der Waals surface area contributed by atoms with Crippen LogP contribution in [0.4, 0.5) is 14.9 Å². The number of halogens is 1. The molecule has 2 heterocycles. The molecular formula is C26H29FN4O4. The normalized spacial score (nSPS) is 15.7. The third-order valence-corrected chi connectivity index (χ3v) is 6.39. The highest BCUT2D eigenvalue weighted by molar-refractivity contribution is 5.98. The first kappa shape index (κ1) is 24.3. The number of nitrogens with zero attached hydrogens (tertiary/aromatic N) is 2. The first-order chi connectivity index (χ1) is 16.8. The van der Waals surface area contributed by atoms with Crippen LogP contribution in [0, 0.1) is 12.7 Å². The van der Waals surface area contributed by atoms with Crippen molar-refractivity contribution in [3.05, 3.63) is 65.6 Å². The van der Waals surface area contributed by atoms with Crippen LogP contribution in [0.25, 0.3) is 10.9 Å². The lowest BCUT2D eigenvalue weighted by molar-refractivity contribution is -0.145. The number of rotatable bonds is 6. The molecule has 35 heavy (non-hydrogen) atoms. The zero-order chi connectivity index (χ0) is 25.1. The molecule has 1 fully saturated rings. The lowest BCUT2D eigenvalue weighted by atomic mass is 9.93. The number of benzene rings is 2. The number of esters is 1. The number of piperazine rings is 1. The number of hydrogen-bond acceptors (Lipinski definition) is 4. The number of H-pyrrole nitrogens is 1. The Bertz CT molecular complexity index is 1260. The van der Waals surface area contributed by atoms with Crippen LogP contribution < -0.4 is 10.2 Å². The minimum atomic E-state index is -0.936. The number of ether oxygens (including phenoxy) is 1. The van der Waals surface area contributed by atoms with Gasteiger partial charge in [0.1, 0.15) is 18.4 Å². The van der Waals surface area contributed by atoms with E-state index in [9.17, 15) is 18.8 Å². The Balaban J connectivity index is 1.49. The van der Waals surface area contributed by atoms with Crippen LogP contribution in [0.15, 0.2) is 48.7 Å². The SMILES string of the molecule is CCOC(=O)[C@H](NC(=O)N1CCN(c2ccc(F)cc2C)C(=O)C1)[C@@H](C)c1c[nH]c2ccccc12. The Morgan fingerprint density at radius 3 is 2.69 bits per heavy atom. The summed E-state index contributed by atoms with van der Waals surface area (Å²) in [5.41, 5.74) is 3.08. The van der Waals surface area contributed by atoms with E-state index in [1.54, 1.807) is 24.8 Å². The Kier molecular flexibility index (Phi) is 7.04. The number of aryl methyl sites for hydroxylation is 1. The fourth-order valence-corrected chi connectivity index (χ4v) is 4.52. The highest BCUT2D eigenvalue weighted by atomic mass is 19.1. The summed E-state index contributed by atoms with van der Waals surface area (Å²) in [6, 6.07) is 10.5. The summed E-state index contributed by atoms with van der Waals surface area (Å²) in [5.74, 6) is -1.57. The van der Waals surface area contributed by atoms with E-state index in [2.05, 4.69) is 10.3 Å². The van der Waals surface area contributed by atoms with Gasteiger partial charge in [0.25, 0.3) is 0 Å². The van der Waals surface area contributed by atoms with Gasteiger partial charge in [-0.25, -0.2) is 14.0 Å². The van der Waals surface area contributed by atoms with Crippen LogP contribution in [0.3, 0.4) is 0 Å². The number of aromatic nitrogens is 1. The number of nitrogens with one attached hydrogen (secondary N) is 2. The molecule has 3 aromatic rings. The smallest absolute Gasteiger partial charge is 0.329 e. The minimum absolute atomic E-state index is 0.153. The van der Waals surface area contributed by atoms with E-state index in [-0.39, 0.29) is 43.9 Å². The minimum Gasteiger partial charge on any atom is -0.464 e. The lowest BCUT2D eigenvalue weighted by Crippen LogP contribution is -2.57. The van der Waals surface area contributed by atoms with E-state index in [1.807, 2.05) is 37.4 Å². The fraction of sp³-hybridized carbons (Fsp3) is 0.346. The number of urea groups is 1. The number of fused-ring (bicyclic) bond motifs is 1. The van der Waals surface area contributed by atoms with Gasteiger partial charge in [0, 0.05) is 41.8 Å². The number of aromatic amines is 1. The van der Waals surface area contributed by atoms with Crippen molar-refractivity contribution in [2.75, 3.05) is 31.1 Å². The number of hydrogen-bond donors (Lipinski definition) is 2. The summed E-state index contributed by atoms with van der Waals surface area (Å²) in [6.45, 7) is 5.87. The van der Waals surface area contributed by atoms with E-state index in [4.69, 9.17) is 4.74 Å². The molecule has 0 unspecified atom stereocenters. The predicted molar refractivity (Wildman–Crippen MR) is 131 cm³/mol. The molecule has 0 spiro atoms. The van der Waals surface area contributed by atoms with Gasteiger partial charge in [-0.2, -0.15) is 0 Å². The van der Waals surface area contributed by atoms with Crippen molar-refractivity contribution in [1.82, 2.24) is 15.2 Å². The summed E-state index contributed by atoms with van der Waals surface area (Å²) in [6.07, 6.45) is 1.83. The molecule has 0 aliphatic carbocycles. The van der Waals surface area contributed by atoms with Crippen molar-refractivity contribution in [2.45, 2.75) is 32.7 Å². The Hall–Kier alpha value is -3.88. The molecule has 0 bridgehead atoms. The molecule has 1 aliphatic heterocycles. The van der Waals surface area contributed by atoms with Crippen molar-refractivity contribution in [2.24, 2.45) is 0 Å². The highest BCUT2D eigenvalue weighted by Gasteiger charge is 2.34. The second kappa shape index (κ2) is 10.2. The first-order valence-corrected chi connectivity index (χ1v) is 11.6. The number of carbonyl (C=O) groups excluding carboxylic acids is 3. The van der Waals surface area contributed by atoms with Crippen LogP contribution in [0.1, 0.15) is 30.9 Å². The van der Waals surface area contributed by atoms with Gasteiger partial charge in [-0.05, 0) is 49.2 Å². The first-order valence-electron chi connectivity index (χ1n) is 11.6. The molecule has 2 aromatic carbocycles. The second-order valence-electron chi connectivity index (χ2n) is 8.66. The lowest BCUT2D eigenvalue weighted by Gasteiger charge is -2.36. The zero-order valence-corrected chi connectivity index (χ0v) is 20.0. The topological polar surface area (TPSA) is 94.7 Å². The molecule has 1 aliphatic rings. The van der Waals surface area contributed by atoms with Crippen molar-refractivity contribution < 1.29 is 23.5 Å². The van der Waals surface area contributed by atoms with Gasteiger partial charge in [-0.15, -0.1) is 0 Å². The summed E-state index contributed by atoms with van der Waals surface area (Å²) >= 11 is 0. The molecule has 3 amide bonds. The average molecular weight is 481 g/mol. The van der Waals surface area contributed by atoms with Gasteiger partial charge in [0.05, 0.1) is 6.61 Å². The van der Waals surface area contributed by atoms with Crippen LogP contribution in [-0.4, -0.2) is 60.1 Å². The van der Waals surface area contributed by atoms with Gasteiger partial charge in [-0.3, -0.25) is 4.79 Å². The summed E-state index contributed by atoms with van der Waals surface area (Å²) in [7, 11) is 0. The molecule has 2 atom stereocenters. The van der Waals surface area contributed by atoms with Crippen molar-refractivity contribution in [3.63, 3.8) is 0 Å². The van der Waals surface area contributed by atoms with Gasteiger partial charge in [-0.1, -0.05) is 25.1 Å². The Labute approximate surface area is 203 Å². The highest BCUT2D eigenvalue weighted by Crippen LogP contribution is 2.29. The fourth-order valence-electron chi connectivity index (χ4n) is 4.52. The molecule has 0 saturated carbocycles. The Morgan fingerprint density at radius 2 is 1.97 bits per heavy atom. The summed E-state index contributed by atoms with van der Waals surface area (Å²) in [4.78, 5) is 44.9. The number of anilines is 1. The quantitative estimate of drug-likeness (QED) is 0.526. The molecule has 1 aromatic heterocycles. The Morgan fingerprint density at radius 1 is 1.20 bits per heavy atom. The van der Waals surface area contributed by atoms with E-state index < -0.39 is 18.0 Å². The van der Waals surface area contributed by atoms with Crippen molar-refractivity contribution in [3.8, 4) is 0 Å². The van der Waals surface area contributed by atoms with Crippen LogP contribution in [-0.2, 0) is 14.3 Å². The van der Waals surface area contributed by atoms with Gasteiger partial charge < -0.3 is 24.8 Å². The van der Waals surface area contributed by atoms with E-state index in [0.717, 1.165) is 16.5 Å². The maximum absolute atomic E-state index is 13.5. The molecule has 184 valence electrons. The van der Waals surface area contributed by atoms with Gasteiger partial charge >= 0.3 is 12.0 Å². The third-order valence-electron chi connectivity index (χ3n) is 6.39. The number of amides is 3. The molecule has 1 saturated heterocycles.